The molecule has 0 aromatic rings. The van der Waals surface area contributed by atoms with Crippen LogP contribution in [0, 0.1) is 5.92 Å². The minimum absolute atomic E-state index is 0.891. The molecule has 0 radical (unpaired) electrons. The molecule has 14 heavy (non-hydrogen) atoms. The van der Waals surface area contributed by atoms with Gasteiger partial charge in [-0.05, 0) is 39.8 Å². The number of rotatable bonds is 4. The molecule has 0 saturated carbocycles. The van der Waals surface area contributed by atoms with Crippen LogP contribution >= 0.6 is 0 Å². The summed E-state index contributed by atoms with van der Waals surface area (Å²) in [6.45, 7) is 13.7. The van der Waals surface area contributed by atoms with Crippen LogP contribution in [0.15, 0.2) is 12.2 Å². The third-order valence-corrected chi connectivity index (χ3v) is 1.92. The molecular formula is C13H31N. The minimum atomic E-state index is 0.891. The van der Waals surface area contributed by atoms with E-state index < -0.39 is 0 Å². The van der Waals surface area contributed by atoms with Crippen molar-refractivity contribution in [1.29, 1.82) is 0 Å². The summed E-state index contributed by atoms with van der Waals surface area (Å²) in [4.78, 5) is 0. The van der Waals surface area contributed by atoms with Crippen molar-refractivity contribution in [1.82, 2.24) is 5.32 Å². The van der Waals surface area contributed by atoms with Crippen molar-refractivity contribution in [3.8, 4) is 0 Å². The van der Waals surface area contributed by atoms with E-state index in [9.17, 15) is 0 Å². The monoisotopic (exact) mass is 201 g/mol. The van der Waals surface area contributed by atoms with Crippen molar-refractivity contribution in [3.05, 3.63) is 12.2 Å². The van der Waals surface area contributed by atoms with Gasteiger partial charge in [-0.2, -0.15) is 0 Å². The van der Waals surface area contributed by atoms with Gasteiger partial charge in [0, 0.05) is 0 Å². The van der Waals surface area contributed by atoms with Gasteiger partial charge in [0.15, 0.2) is 0 Å². The molecule has 1 heteroatoms. The van der Waals surface area contributed by atoms with Crippen molar-refractivity contribution < 1.29 is 0 Å². The second-order valence-corrected chi connectivity index (χ2v) is 3.07. The van der Waals surface area contributed by atoms with E-state index >= 15 is 0 Å². The Morgan fingerprint density at radius 2 is 1.57 bits per heavy atom. The average molecular weight is 201 g/mol. The average Bonchev–Trinajstić information content (AvgIpc) is 2.28. The molecule has 88 valence electrons. The lowest BCUT2D eigenvalue weighted by atomic mass is 10.1. The van der Waals surface area contributed by atoms with E-state index in [1.165, 1.54) is 12.8 Å². The molecule has 1 N–H and O–H groups in total. The number of hydrogen-bond acceptors (Lipinski definition) is 1. The Kier molecular flexibility index (Phi) is 31.7. The Morgan fingerprint density at radius 1 is 1.14 bits per heavy atom. The lowest BCUT2D eigenvalue weighted by Gasteiger charge is -2.05. The van der Waals surface area contributed by atoms with Crippen LogP contribution in [0.3, 0.4) is 0 Å². The molecule has 0 aliphatic carbocycles. The third kappa shape index (κ3) is 29.8. The number of allylic oxidation sites excluding steroid dienone is 2. The highest BCUT2D eigenvalue weighted by Crippen LogP contribution is 2.03. The molecule has 0 bridgehead atoms. The van der Waals surface area contributed by atoms with Crippen LogP contribution < -0.4 is 5.32 Å². The molecule has 0 amide bonds. The molecule has 0 fully saturated rings. The molecule has 1 nitrogen and oxygen atoms in total. The summed E-state index contributed by atoms with van der Waals surface area (Å²) in [6.07, 6.45) is 6.62. The van der Waals surface area contributed by atoms with E-state index in [-0.39, 0.29) is 0 Å². The van der Waals surface area contributed by atoms with Gasteiger partial charge < -0.3 is 5.32 Å². The first-order valence-corrected chi connectivity index (χ1v) is 5.94. The first-order chi connectivity index (χ1) is 6.72. The molecule has 0 rings (SSSR count). The maximum atomic E-state index is 3.13. The van der Waals surface area contributed by atoms with Crippen LogP contribution in [-0.4, -0.2) is 13.6 Å². The summed E-state index contributed by atoms with van der Waals surface area (Å²) in [5.74, 6) is 0.891. The summed E-state index contributed by atoms with van der Waals surface area (Å²) in [5, 5.41) is 3.13. The van der Waals surface area contributed by atoms with Gasteiger partial charge in [0.1, 0.15) is 0 Å². The zero-order valence-electron chi connectivity index (χ0n) is 11.4. The fraction of sp³-hybridized carbons (Fsp3) is 0.846. The van der Waals surface area contributed by atoms with Gasteiger partial charge >= 0.3 is 0 Å². The molecule has 0 heterocycles. The van der Waals surface area contributed by atoms with E-state index in [4.69, 9.17) is 0 Å². The highest BCUT2D eigenvalue weighted by atomic mass is 14.8. The van der Waals surface area contributed by atoms with Crippen LogP contribution in [0.2, 0.25) is 0 Å². The molecule has 1 unspecified atom stereocenters. The normalized spacial score (nSPS) is 11.1. The Hall–Kier alpha value is -0.300. The van der Waals surface area contributed by atoms with Gasteiger partial charge in [0.05, 0.1) is 0 Å². The zero-order chi connectivity index (χ0) is 11.8. The molecule has 0 aromatic carbocycles. The lowest BCUT2D eigenvalue weighted by molar-refractivity contribution is 0.503. The minimum Gasteiger partial charge on any atom is -0.320 e. The topological polar surface area (TPSA) is 12.0 Å². The summed E-state index contributed by atoms with van der Waals surface area (Å²) >= 11 is 0. The Balaban J connectivity index is -0.000000170. The fourth-order valence-corrected chi connectivity index (χ4v) is 0.595. The van der Waals surface area contributed by atoms with Crippen molar-refractivity contribution in [3.63, 3.8) is 0 Å². The Morgan fingerprint density at radius 3 is 1.79 bits per heavy atom. The highest BCUT2D eigenvalue weighted by Gasteiger charge is 1.94. The van der Waals surface area contributed by atoms with Crippen molar-refractivity contribution in [2.24, 2.45) is 5.92 Å². The van der Waals surface area contributed by atoms with Crippen LogP contribution in [0.5, 0.6) is 0 Å². The van der Waals surface area contributed by atoms with Crippen LogP contribution in [-0.2, 0) is 0 Å². The summed E-state index contributed by atoms with van der Waals surface area (Å²) in [5.41, 5.74) is 0. The Labute approximate surface area is 92.0 Å². The zero-order valence-corrected chi connectivity index (χ0v) is 11.4. The van der Waals surface area contributed by atoms with Gasteiger partial charge in [-0.3, -0.25) is 0 Å². The quantitative estimate of drug-likeness (QED) is 0.670. The first kappa shape index (κ1) is 19.3. The SMILES string of the molecule is C/C=C\C.CC.CCC(C)CCNC. The molecule has 0 spiro atoms. The van der Waals surface area contributed by atoms with E-state index in [0.717, 1.165) is 12.5 Å². The second-order valence-electron chi connectivity index (χ2n) is 3.07. The van der Waals surface area contributed by atoms with E-state index in [1.807, 2.05) is 46.9 Å². The van der Waals surface area contributed by atoms with Crippen LogP contribution in [0.4, 0.5) is 0 Å². The van der Waals surface area contributed by atoms with Crippen molar-refractivity contribution in [2.75, 3.05) is 13.6 Å². The summed E-state index contributed by atoms with van der Waals surface area (Å²) in [7, 11) is 2.00. The highest BCUT2D eigenvalue weighted by molar-refractivity contribution is 4.68. The molecule has 0 aliphatic rings. The lowest BCUT2D eigenvalue weighted by Crippen LogP contribution is -2.10. The van der Waals surface area contributed by atoms with Gasteiger partial charge in [-0.1, -0.05) is 46.3 Å². The van der Waals surface area contributed by atoms with Gasteiger partial charge in [-0.25, -0.2) is 0 Å². The molecule has 0 saturated heterocycles. The first-order valence-electron chi connectivity index (χ1n) is 5.94. The van der Waals surface area contributed by atoms with E-state index in [2.05, 4.69) is 19.2 Å². The smallest absolute Gasteiger partial charge is 0.00494 e. The maximum absolute atomic E-state index is 3.13. The van der Waals surface area contributed by atoms with Gasteiger partial charge in [0.2, 0.25) is 0 Å². The van der Waals surface area contributed by atoms with Crippen molar-refractivity contribution >= 4 is 0 Å². The maximum Gasteiger partial charge on any atom is -0.00494 e. The predicted molar refractivity (Wildman–Crippen MR) is 69.8 cm³/mol. The predicted octanol–water partition coefficient (Wildman–Crippen LogP) is 4.25. The van der Waals surface area contributed by atoms with Crippen LogP contribution in [0.25, 0.3) is 0 Å². The molecular weight excluding hydrogens is 170 g/mol. The third-order valence-electron chi connectivity index (χ3n) is 1.92. The van der Waals surface area contributed by atoms with Gasteiger partial charge in [-0.15, -0.1) is 0 Å². The molecule has 1 atom stereocenters. The van der Waals surface area contributed by atoms with E-state index in [1.54, 1.807) is 0 Å². The van der Waals surface area contributed by atoms with Crippen LogP contribution in [0.1, 0.15) is 54.4 Å². The van der Waals surface area contributed by atoms with Crippen molar-refractivity contribution in [2.45, 2.75) is 54.4 Å². The van der Waals surface area contributed by atoms with Gasteiger partial charge in [0.25, 0.3) is 0 Å². The standard InChI is InChI=1S/C7H17N.C4H8.C2H6/c1-4-7(2)5-6-8-3;1-3-4-2;1-2/h7-8H,4-6H2,1-3H3;3-4H,1-2H3;1-2H3/b;4-3-;. The summed E-state index contributed by atoms with van der Waals surface area (Å²) < 4.78 is 0. The van der Waals surface area contributed by atoms with E-state index in [0.29, 0.717) is 0 Å². The Bertz CT molecular complexity index is 83.2. The second kappa shape index (κ2) is 23.0. The molecule has 0 aliphatic heterocycles. The largest absolute Gasteiger partial charge is 0.320 e. The fourth-order valence-electron chi connectivity index (χ4n) is 0.595. The number of nitrogens with one attached hydrogen (secondary N) is 1. The number of hydrogen-bond donors (Lipinski definition) is 1. The summed E-state index contributed by atoms with van der Waals surface area (Å²) in [6, 6.07) is 0. The molecule has 0 aromatic heterocycles.